The lowest BCUT2D eigenvalue weighted by Gasteiger charge is -2.37. The molecule has 0 bridgehead atoms. The van der Waals surface area contributed by atoms with Crippen LogP contribution in [0.2, 0.25) is 10.0 Å². The molecule has 7 heteroatoms. The average Bonchev–Trinajstić information content (AvgIpc) is 2.64. The van der Waals surface area contributed by atoms with Crippen LogP contribution in [0.1, 0.15) is 6.92 Å². The second kappa shape index (κ2) is 8.14. The highest BCUT2D eigenvalue weighted by Crippen LogP contribution is 2.28. The molecule has 0 spiro atoms. The normalized spacial score (nSPS) is 15.7. The van der Waals surface area contributed by atoms with E-state index < -0.39 is 6.10 Å². The Balaban J connectivity index is 1.58. The summed E-state index contributed by atoms with van der Waals surface area (Å²) in [5.41, 5.74) is 0.567. The molecular weight excluding hydrogens is 378 g/mol. The molecule has 0 saturated carbocycles. The smallest absolute Gasteiger partial charge is 0.263 e. The average molecular weight is 397 g/mol. The van der Waals surface area contributed by atoms with Crippen LogP contribution in [-0.4, -0.2) is 43.1 Å². The van der Waals surface area contributed by atoms with Gasteiger partial charge in [0.05, 0.1) is 10.7 Å². The van der Waals surface area contributed by atoms with Gasteiger partial charge in [0.25, 0.3) is 5.91 Å². The van der Waals surface area contributed by atoms with Gasteiger partial charge >= 0.3 is 0 Å². The number of carbonyl (C=O) groups excluding carboxylic acids is 1. The van der Waals surface area contributed by atoms with E-state index in [1.165, 1.54) is 6.07 Å². The van der Waals surface area contributed by atoms with Crippen molar-refractivity contribution in [3.05, 3.63) is 58.3 Å². The number of para-hydroxylation sites is 1. The zero-order chi connectivity index (χ0) is 18.7. The Bertz CT molecular complexity index is 795. The first kappa shape index (κ1) is 18.8. The van der Waals surface area contributed by atoms with Crippen LogP contribution < -0.4 is 9.64 Å². The van der Waals surface area contributed by atoms with Crippen LogP contribution in [0.4, 0.5) is 10.1 Å². The molecule has 3 rings (SSSR count). The monoisotopic (exact) mass is 396 g/mol. The number of amides is 1. The van der Waals surface area contributed by atoms with Gasteiger partial charge in [0.15, 0.2) is 6.10 Å². The minimum Gasteiger partial charge on any atom is -0.479 e. The standard InChI is InChI=1S/C19H19Cl2FN2O2/c1-13(26-18-7-6-14(20)12-15(18)21)19(25)24-10-8-23(9-11-24)17-5-3-2-4-16(17)22/h2-7,12-13H,8-11H2,1H3/t13-/m0/s1. The van der Waals surface area contributed by atoms with E-state index >= 15 is 0 Å². The third-order valence-corrected chi connectivity index (χ3v) is 4.86. The number of benzene rings is 2. The van der Waals surface area contributed by atoms with Crippen molar-refractivity contribution in [2.45, 2.75) is 13.0 Å². The van der Waals surface area contributed by atoms with E-state index in [1.807, 2.05) is 11.0 Å². The van der Waals surface area contributed by atoms with E-state index in [9.17, 15) is 9.18 Å². The third-order valence-electron chi connectivity index (χ3n) is 4.33. The highest BCUT2D eigenvalue weighted by Gasteiger charge is 2.27. The molecule has 0 radical (unpaired) electrons. The Morgan fingerprint density at radius 2 is 1.81 bits per heavy atom. The summed E-state index contributed by atoms with van der Waals surface area (Å²) in [4.78, 5) is 16.3. The van der Waals surface area contributed by atoms with E-state index in [0.29, 0.717) is 47.7 Å². The van der Waals surface area contributed by atoms with Crippen molar-refractivity contribution in [1.82, 2.24) is 4.90 Å². The van der Waals surface area contributed by atoms with Gasteiger partial charge in [-0.1, -0.05) is 35.3 Å². The van der Waals surface area contributed by atoms with Gasteiger partial charge in [0, 0.05) is 31.2 Å². The summed E-state index contributed by atoms with van der Waals surface area (Å²) in [6, 6.07) is 11.5. The number of rotatable bonds is 4. The Hall–Kier alpha value is -1.98. The highest BCUT2D eigenvalue weighted by molar-refractivity contribution is 6.35. The molecule has 0 aromatic heterocycles. The van der Waals surface area contributed by atoms with E-state index in [2.05, 4.69) is 0 Å². The molecule has 1 fully saturated rings. The maximum Gasteiger partial charge on any atom is 0.263 e. The molecule has 1 aliphatic heterocycles. The molecule has 4 nitrogen and oxygen atoms in total. The summed E-state index contributed by atoms with van der Waals surface area (Å²) in [5, 5.41) is 0.868. The third kappa shape index (κ3) is 4.22. The maximum atomic E-state index is 13.9. The first-order chi connectivity index (χ1) is 12.5. The Kier molecular flexibility index (Phi) is 5.89. The van der Waals surface area contributed by atoms with E-state index in [1.54, 1.807) is 42.2 Å². The van der Waals surface area contributed by atoms with Gasteiger partial charge in [0.1, 0.15) is 11.6 Å². The number of piperazine rings is 1. The van der Waals surface area contributed by atoms with Crippen LogP contribution in [0.3, 0.4) is 0 Å². The second-order valence-corrected chi connectivity index (χ2v) is 6.94. The molecular formula is C19H19Cl2FN2O2. The van der Waals surface area contributed by atoms with Crippen LogP contribution in [-0.2, 0) is 4.79 Å². The van der Waals surface area contributed by atoms with Crippen LogP contribution in [0.25, 0.3) is 0 Å². The van der Waals surface area contributed by atoms with Crippen molar-refractivity contribution in [2.75, 3.05) is 31.1 Å². The van der Waals surface area contributed by atoms with Crippen molar-refractivity contribution in [1.29, 1.82) is 0 Å². The van der Waals surface area contributed by atoms with E-state index in [-0.39, 0.29) is 11.7 Å². The van der Waals surface area contributed by atoms with Gasteiger partial charge in [-0.2, -0.15) is 0 Å². The van der Waals surface area contributed by atoms with Gasteiger partial charge in [-0.05, 0) is 37.3 Å². The summed E-state index contributed by atoms with van der Waals surface area (Å²) in [6.07, 6.45) is -0.673. The van der Waals surface area contributed by atoms with Gasteiger partial charge in [-0.3, -0.25) is 4.79 Å². The van der Waals surface area contributed by atoms with Crippen molar-refractivity contribution in [2.24, 2.45) is 0 Å². The molecule has 138 valence electrons. The fourth-order valence-electron chi connectivity index (χ4n) is 2.94. The van der Waals surface area contributed by atoms with Crippen molar-refractivity contribution < 1.29 is 13.9 Å². The predicted octanol–water partition coefficient (Wildman–Crippen LogP) is 4.25. The minimum atomic E-state index is -0.673. The van der Waals surface area contributed by atoms with Crippen LogP contribution in [0, 0.1) is 5.82 Å². The summed E-state index contributed by atoms with van der Waals surface area (Å²) >= 11 is 12.0. The van der Waals surface area contributed by atoms with Crippen molar-refractivity contribution >= 4 is 34.8 Å². The Morgan fingerprint density at radius 3 is 2.46 bits per heavy atom. The lowest BCUT2D eigenvalue weighted by atomic mass is 10.2. The molecule has 1 heterocycles. The molecule has 0 aliphatic carbocycles. The summed E-state index contributed by atoms with van der Waals surface area (Å²) < 4.78 is 19.6. The van der Waals surface area contributed by atoms with Gasteiger partial charge in [-0.25, -0.2) is 4.39 Å². The fraction of sp³-hybridized carbons (Fsp3) is 0.316. The van der Waals surface area contributed by atoms with Crippen molar-refractivity contribution in [3.8, 4) is 5.75 Å². The van der Waals surface area contributed by atoms with Gasteiger partial charge < -0.3 is 14.5 Å². The minimum absolute atomic E-state index is 0.121. The largest absolute Gasteiger partial charge is 0.479 e. The van der Waals surface area contributed by atoms with Gasteiger partial charge in [0.2, 0.25) is 0 Å². The van der Waals surface area contributed by atoms with Crippen LogP contribution in [0.5, 0.6) is 5.75 Å². The summed E-state index contributed by atoms with van der Waals surface area (Å²) in [6.45, 7) is 3.85. The summed E-state index contributed by atoms with van der Waals surface area (Å²) in [5.74, 6) is 0.0486. The number of nitrogens with zero attached hydrogens (tertiary/aromatic N) is 2. The topological polar surface area (TPSA) is 32.8 Å². The Morgan fingerprint density at radius 1 is 1.12 bits per heavy atom. The molecule has 1 saturated heterocycles. The fourth-order valence-corrected chi connectivity index (χ4v) is 3.40. The highest BCUT2D eigenvalue weighted by atomic mass is 35.5. The predicted molar refractivity (Wildman–Crippen MR) is 102 cm³/mol. The molecule has 2 aromatic carbocycles. The second-order valence-electron chi connectivity index (χ2n) is 6.10. The quantitative estimate of drug-likeness (QED) is 0.774. The lowest BCUT2D eigenvalue weighted by Crippen LogP contribution is -2.52. The summed E-state index contributed by atoms with van der Waals surface area (Å²) in [7, 11) is 0. The number of halogens is 3. The van der Waals surface area contributed by atoms with Crippen LogP contribution in [0.15, 0.2) is 42.5 Å². The SMILES string of the molecule is C[C@H](Oc1ccc(Cl)cc1Cl)C(=O)N1CCN(c2ccccc2F)CC1. The van der Waals surface area contributed by atoms with Crippen LogP contribution >= 0.6 is 23.2 Å². The maximum absolute atomic E-state index is 13.9. The number of carbonyl (C=O) groups is 1. The Labute approximate surface area is 162 Å². The molecule has 1 atom stereocenters. The molecule has 26 heavy (non-hydrogen) atoms. The molecule has 0 unspecified atom stereocenters. The molecule has 1 aliphatic rings. The van der Waals surface area contributed by atoms with E-state index in [0.717, 1.165) is 0 Å². The zero-order valence-corrected chi connectivity index (χ0v) is 15.8. The number of ether oxygens (including phenoxy) is 1. The van der Waals surface area contributed by atoms with E-state index in [4.69, 9.17) is 27.9 Å². The van der Waals surface area contributed by atoms with Crippen molar-refractivity contribution in [3.63, 3.8) is 0 Å². The number of anilines is 1. The zero-order valence-electron chi connectivity index (χ0n) is 14.3. The first-order valence-corrected chi connectivity index (χ1v) is 9.11. The van der Waals surface area contributed by atoms with Gasteiger partial charge in [-0.15, -0.1) is 0 Å². The first-order valence-electron chi connectivity index (χ1n) is 8.35. The molecule has 0 N–H and O–H groups in total. The number of hydrogen-bond acceptors (Lipinski definition) is 3. The molecule has 2 aromatic rings. The number of hydrogen-bond donors (Lipinski definition) is 0. The molecule has 1 amide bonds. The lowest BCUT2D eigenvalue weighted by molar-refractivity contribution is -0.138.